The van der Waals surface area contributed by atoms with E-state index in [2.05, 4.69) is 72.6 Å². The van der Waals surface area contributed by atoms with E-state index >= 15 is 0 Å². The molecule has 5 heteroatoms. The number of hydrogen-bond acceptors (Lipinski definition) is 4. The van der Waals surface area contributed by atoms with Gasteiger partial charge in [0.05, 0.1) is 12.2 Å². The van der Waals surface area contributed by atoms with Gasteiger partial charge in [0, 0.05) is 38.1 Å². The lowest BCUT2D eigenvalue weighted by molar-refractivity contribution is 0.579. The zero-order chi connectivity index (χ0) is 15.2. The first-order chi connectivity index (χ1) is 10.1. The molecule has 0 aliphatic carbocycles. The molecule has 1 N–H and O–H groups in total. The van der Waals surface area contributed by atoms with Crippen molar-refractivity contribution in [3.8, 4) is 0 Å². The van der Waals surface area contributed by atoms with Crippen molar-refractivity contribution in [2.24, 2.45) is 0 Å². The van der Waals surface area contributed by atoms with Crippen LogP contribution in [0.4, 0.5) is 5.69 Å². The molecule has 0 saturated carbocycles. The number of anilines is 1. The number of nitrogens with one attached hydrogen (secondary N) is 1. The van der Waals surface area contributed by atoms with Gasteiger partial charge in [0.1, 0.15) is 0 Å². The maximum atomic E-state index is 4.19. The summed E-state index contributed by atoms with van der Waals surface area (Å²) in [5.41, 5.74) is 3.54. The summed E-state index contributed by atoms with van der Waals surface area (Å²) in [5, 5.41) is 11.7. The Morgan fingerprint density at radius 1 is 1.29 bits per heavy atom. The molecule has 0 unspecified atom stereocenters. The van der Waals surface area contributed by atoms with E-state index in [1.54, 1.807) is 0 Å². The van der Waals surface area contributed by atoms with Gasteiger partial charge in [0.2, 0.25) is 0 Å². The summed E-state index contributed by atoms with van der Waals surface area (Å²) >= 11 is 0. The van der Waals surface area contributed by atoms with Crippen molar-refractivity contribution in [1.29, 1.82) is 0 Å². The van der Waals surface area contributed by atoms with Gasteiger partial charge in [-0.25, -0.2) is 0 Å². The first kappa shape index (κ1) is 15.5. The van der Waals surface area contributed by atoms with Crippen LogP contribution in [0.25, 0.3) is 0 Å². The quantitative estimate of drug-likeness (QED) is 0.848. The predicted octanol–water partition coefficient (Wildman–Crippen LogP) is 2.22. The van der Waals surface area contributed by atoms with Crippen LogP contribution in [-0.2, 0) is 13.1 Å². The predicted molar refractivity (Wildman–Crippen MR) is 86.4 cm³/mol. The molecule has 2 rings (SSSR count). The van der Waals surface area contributed by atoms with E-state index in [0.29, 0.717) is 6.04 Å². The van der Waals surface area contributed by atoms with Crippen molar-refractivity contribution in [1.82, 2.24) is 20.3 Å². The molecule has 1 heterocycles. The fourth-order valence-electron chi connectivity index (χ4n) is 2.20. The van der Waals surface area contributed by atoms with Crippen LogP contribution in [0.3, 0.4) is 0 Å². The molecule has 0 bridgehead atoms. The van der Waals surface area contributed by atoms with Gasteiger partial charge in [-0.2, -0.15) is 0 Å². The Balaban J connectivity index is 1.87. The molecule has 0 amide bonds. The van der Waals surface area contributed by atoms with Crippen molar-refractivity contribution < 1.29 is 0 Å². The van der Waals surface area contributed by atoms with Crippen molar-refractivity contribution >= 4 is 5.69 Å². The van der Waals surface area contributed by atoms with E-state index in [1.807, 2.05) is 10.9 Å². The summed E-state index contributed by atoms with van der Waals surface area (Å²) in [5.74, 6) is 0. The molecule has 0 aliphatic rings. The highest BCUT2D eigenvalue weighted by Gasteiger charge is 2.05. The second-order valence-corrected chi connectivity index (χ2v) is 5.72. The number of aryl methyl sites for hydroxylation is 1. The topological polar surface area (TPSA) is 46.0 Å². The van der Waals surface area contributed by atoms with Crippen LogP contribution in [0.15, 0.2) is 30.5 Å². The number of benzene rings is 1. The van der Waals surface area contributed by atoms with Crippen LogP contribution in [0.5, 0.6) is 0 Å². The highest BCUT2D eigenvalue weighted by molar-refractivity contribution is 5.52. The Labute approximate surface area is 127 Å². The summed E-state index contributed by atoms with van der Waals surface area (Å²) in [6.45, 7) is 8.90. The monoisotopic (exact) mass is 287 g/mol. The summed E-state index contributed by atoms with van der Waals surface area (Å²) in [6.07, 6.45) is 2.01. The summed E-state index contributed by atoms with van der Waals surface area (Å²) in [7, 11) is 2.11. The Kier molecular flexibility index (Phi) is 5.33. The first-order valence-electron chi connectivity index (χ1n) is 7.45. The van der Waals surface area contributed by atoms with Crippen molar-refractivity contribution in [3.05, 3.63) is 41.7 Å². The maximum absolute atomic E-state index is 4.19. The fourth-order valence-corrected chi connectivity index (χ4v) is 2.20. The molecule has 2 aromatic rings. The van der Waals surface area contributed by atoms with Crippen LogP contribution in [0.1, 0.15) is 25.1 Å². The number of aromatic nitrogens is 3. The molecule has 5 nitrogen and oxygen atoms in total. The molecule has 0 aliphatic heterocycles. The van der Waals surface area contributed by atoms with Gasteiger partial charge in [-0.05, 0) is 18.6 Å². The summed E-state index contributed by atoms with van der Waals surface area (Å²) < 4.78 is 1.91. The molecule has 0 radical (unpaired) electrons. The number of para-hydroxylation sites is 1. The molecule has 1 aromatic carbocycles. The average molecular weight is 287 g/mol. The Bertz CT molecular complexity index is 561. The van der Waals surface area contributed by atoms with Gasteiger partial charge in [0.25, 0.3) is 0 Å². The summed E-state index contributed by atoms with van der Waals surface area (Å²) in [6, 6.07) is 8.88. The Morgan fingerprint density at radius 3 is 2.76 bits per heavy atom. The maximum Gasteiger partial charge on any atom is 0.0964 e. The molecule has 21 heavy (non-hydrogen) atoms. The van der Waals surface area contributed by atoms with E-state index in [1.165, 1.54) is 11.3 Å². The Morgan fingerprint density at radius 2 is 2.05 bits per heavy atom. The second kappa shape index (κ2) is 7.22. The number of likely N-dealkylation sites (N-methyl/N-ethyl adjacent to an activating group) is 1. The third kappa shape index (κ3) is 4.56. The lowest BCUT2D eigenvalue weighted by Crippen LogP contribution is -2.23. The van der Waals surface area contributed by atoms with Crippen LogP contribution in [0.2, 0.25) is 0 Å². The average Bonchev–Trinajstić information content (AvgIpc) is 2.91. The van der Waals surface area contributed by atoms with E-state index in [0.717, 1.165) is 25.3 Å². The lowest BCUT2D eigenvalue weighted by Gasteiger charge is -2.21. The van der Waals surface area contributed by atoms with Gasteiger partial charge in [0.15, 0.2) is 0 Å². The zero-order valence-corrected chi connectivity index (χ0v) is 13.4. The van der Waals surface area contributed by atoms with Crippen molar-refractivity contribution in [2.45, 2.75) is 39.9 Å². The second-order valence-electron chi connectivity index (χ2n) is 5.72. The molecule has 0 spiro atoms. The van der Waals surface area contributed by atoms with Crippen molar-refractivity contribution in [3.63, 3.8) is 0 Å². The minimum atomic E-state index is 0.460. The van der Waals surface area contributed by atoms with Crippen LogP contribution >= 0.6 is 0 Å². The summed E-state index contributed by atoms with van der Waals surface area (Å²) in [4.78, 5) is 2.25. The highest BCUT2D eigenvalue weighted by atomic mass is 15.4. The van der Waals surface area contributed by atoms with Gasteiger partial charge in [-0.1, -0.05) is 37.3 Å². The molecule has 1 aromatic heterocycles. The van der Waals surface area contributed by atoms with E-state index < -0.39 is 0 Å². The number of hydrogen-bond donors (Lipinski definition) is 1. The van der Waals surface area contributed by atoms with E-state index in [9.17, 15) is 0 Å². The normalized spacial score (nSPS) is 11.1. The highest BCUT2D eigenvalue weighted by Crippen LogP contribution is 2.17. The van der Waals surface area contributed by atoms with Gasteiger partial charge < -0.3 is 10.2 Å². The van der Waals surface area contributed by atoms with Crippen LogP contribution in [-0.4, -0.2) is 34.6 Å². The SMILES string of the molecule is Cc1ccccc1N(C)CCn1cc(CNC(C)C)nn1. The minimum absolute atomic E-state index is 0.460. The van der Waals surface area contributed by atoms with Crippen molar-refractivity contribution in [2.75, 3.05) is 18.5 Å². The number of rotatable bonds is 7. The lowest BCUT2D eigenvalue weighted by atomic mass is 10.2. The largest absolute Gasteiger partial charge is 0.373 e. The van der Waals surface area contributed by atoms with E-state index in [4.69, 9.17) is 0 Å². The smallest absolute Gasteiger partial charge is 0.0964 e. The van der Waals surface area contributed by atoms with E-state index in [-0.39, 0.29) is 0 Å². The van der Waals surface area contributed by atoms with Gasteiger partial charge in [-0.3, -0.25) is 4.68 Å². The third-order valence-corrected chi connectivity index (χ3v) is 3.47. The van der Waals surface area contributed by atoms with Crippen LogP contribution < -0.4 is 10.2 Å². The minimum Gasteiger partial charge on any atom is -0.373 e. The molecule has 0 fully saturated rings. The molecule has 0 saturated heterocycles. The molecule has 114 valence electrons. The fraction of sp³-hybridized carbons (Fsp3) is 0.500. The molecular weight excluding hydrogens is 262 g/mol. The molecule has 0 atom stereocenters. The number of nitrogens with zero attached hydrogens (tertiary/aromatic N) is 4. The third-order valence-electron chi connectivity index (χ3n) is 3.47. The first-order valence-corrected chi connectivity index (χ1v) is 7.45. The van der Waals surface area contributed by atoms with Crippen LogP contribution in [0, 0.1) is 6.92 Å². The van der Waals surface area contributed by atoms with Gasteiger partial charge in [-0.15, -0.1) is 5.10 Å². The zero-order valence-electron chi connectivity index (χ0n) is 13.4. The Hall–Kier alpha value is -1.88. The standard InChI is InChI=1S/C16H25N5/c1-13(2)17-11-15-12-21(19-18-15)10-9-20(4)16-8-6-5-7-14(16)3/h5-8,12-13,17H,9-11H2,1-4H3. The molecular formula is C16H25N5. The van der Waals surface area contributed by atoms with Gasteiger partial charge >= 0.3 is 0 Å².